The number of halogens is 2. The molecule has 13 heteroatoms. The first kappa shape index (κ1) is 26.0. The van der Waals surface area contributed by atoms with Gasteiger partial charge >= 0.3 is 5.97 Å². The van der Waals surface area contributed by atoms with Crippen LogP contribution in [0.1, 0.15) is 6.92 Å². The van der Waals surface area contributed by atoms with Gasteiger partial charge in [-0.1, -0.05) is 24.6 Å². The highest BCUT2D eigenvalue weighted by molar-refractivity contribution is 7.92. The van der Waals surface area contributed by atoms with Crippen molar-refractivity contribution in [2.24, 2.45) is 5.92 Å². The Hall–Kier alpha value is -4.03. The summed E-state index contributed by atoms with van der Waals surface area (Å²) in [5.41, 5.74) is 0.930. The zero-order valence-electron chi connectivity index (χ0n) is 19.5. The molecular formula is C24H20ClFN4O6S. The van der Waals surface area contributed by atoms with Gasteiger partial charge in [-0.05, 0) is 42.0 Å². The van der Waals surface area contributed by atoms with E-state index in [1.54, 1.807) is 18.2 Å². The number of pyridine rings is 1. The van der Waals surface area contributed by atoms with Crippen molar-refractivity contribution in [3.05, 3.63) is 76.2 Å². The number of nitrogens with zero attached hydrogens (tertiary/aromatic N) is 3. The molecule has 2 aromatic carbocycles. The molecule has 192 valence electrons. The third-order valence-electron chi connectivity index (χ3n) is 5.52. The summed E-state index contributed by atoms with van der Waals surface area (Å²) in [4.78, 5) is 32.3. The minimum atomic E-state index is -4.24. The van der Waals surface area contributed by atoms with Crippen LogP contribution in [0.3, 0.4) is 0 Å². The number of methoxy groups -OCH3 is 1. The largest absolute Gasteiger partial charge is 0.481 e. The second kappa shape index (κ2) is 10.1. The van der Waals surface area contributed by atoms with Crippen LogP contribution in [0.15, 0.2) is 64.7 Å². The van der Waals surface area contributed by atoms with E-state index in [2.05, 4.69) is 14.7 Å². The lowest BCUT2D eigenvalue weighted by atomic mass is 10.0. The molecule has 0 saturated carbocycles. The summed E-state index contributed by atoms with van der Waals surface area (Å²) in [5.74, 6) is -2.55. The number of sulfonamides is 1. The van der Waals surface area contributed by atoms with E-state index in [4.69, 9.17) is 21.4 Å². The van der Waals surface area contributed by atoms with E-state index in [1.165, 1.54) is 37.2 Å². The highest BCUT2D eigenvalue weighted by atomic mass is 35.5. The molecule has 0 radical (unpaired) electrons. The molecule has 0 saturated heterocycles. The Labute approximate surface area is 215 Å². The van der Waals surface area contributed by atoms with E-state index in [-0.39, 0.29) is 33.4 Å². The first-order valence-corrected chi connectivity index (χ1v) is 12.6. The van der Waals surface area contributed by atoms with Gasteiger partial charge in [0.2, 0.25) is 5.88 Å². The number of hydrogen-bond acceptors (Lipinski definition) is 7. The quantitative estimate of drug-likeness (QED) is 0.340. The predicted octanol–water partition coefficient (Wildman–Crippen LogP) is 3.78. The average Bonchev–Trinajstić information content (AvgIpc) is 2.85. The number of rotatable bonds is 8. The Morgan fingerprint density at radius 3 is 2.62 bits per heavy atom. The smallest absolute Gasteiger partial charge is 0.308 e. The molecule has 0 aliphatic heterocycles. The molecule has 2 aromatic heterocycles. The molecule has 4 rings (SSSR count). The number of ether oxygens (including phenoxy) is 1. The lowest BCUT2D eigenvalue weighted by Gasteiger charge is -2.14. The van der Waals surface area contributed by atoms with Gasteiger partial charge in [-0.25, -0.2) is 22.8 Å². The molecule has 2 heterocycles. The first-order chi connectivity index (χ1) is 17.5. The number of carbonyl (C=O) groups is 1. The fourth-order valence-corrected chi connectivity index (χ4v) is 5.16. The highest BCUT2D eigenvalue weighted by Crippen LogP contribution is 2.32. The summed E-state index contributed by atoms with van der Waals surface area (Å²) >= 11 is 5.94. The highest BCUT2D eigenvalue weighted by Gasteiger charge is 2.22. The van der Waals surface area contributed by atoms with E-state index in [0.717, 1.165) is 18.2 Å². The average molecular weight is 547 g/mol. The van der Waals surface area contributed by atoms with E-state index in [0.29, 0.717) is 16.6 Å². The van der Waals surface area contributed by atoms with Gasteiger partial charge in [0, 0.05) is 18.3 Å². The molecule has 37 heavy (non-hydrogen) atoms. The number of aliphatic carboxylic acids is 1. The molecule has 0 bridgehead atoms. The fraction of sp³-hybridized carbons (Fsp3) is 0.167. The third-order valence-corrected chi connectivity index (χ3v) is 7.37. The standard InChI is InChI=1S/C24H20ClFN4O6S/c1-13(24(32)33)11-30-12-28-19-5-3-14(7-17(19)23(30)31)15-8-20(22(36-2)27-10-15)29-37(34,35)21-6-4-16(26)9-18(21)25/h3-10,12-13,29H,11H2,1-2H3,(H,32,33). The summed E-state index contributed by atoms with van der Waals surface area (Å²) < 4.78 is 48.1. The van der Waals surface area contributed by atoms with Crippen LogP contribution < -0.4 is 15.0 Å². The van der Waals surface area contributed by atoms with Gasteiger partial charge in [-0.15, -0.1) is 0 Å². The lowest BCUT2D eigenvalue weighted by Crippen LogP contribution is -2.26. The molecule has 1 unspecified atom stereocenters. The Bertz CT molecular complexity index is 1690. The number of carboxylic acids is 1. The van der Waals surface area contributed by atoms with Crippen molar-refractivity contribution in [1.82, 2.24) is 14.5 Å². The monoisotopic (exact) mass is 546 g/mol. The van der Waals surface area contributed by atoms with Crippen LogP contribution in [0.2, 0.25) is 5.02 Å². The van der Waals surface area contributed by atoms with Crippen LogP contribution in [0.25, 0.3) is 22.0 Å². The van der Waals surface area contributed by atoms with E-state index >= 15 is 0 Å². The van der Waals surface area contributed by atoms with Crippen molar-refractivity contribution in [3.8, 4) is 17.0 Å². The molecule has 4 aromatic rings. The Balaban J connectivity index is 1.75. The molecule has 2 N–H and O–H groups in total. The second-order valence-electron chi connectivity index (χ2n) is 8.13. The maximum Gasteiger partial charge on any atom is 0.308 e. The summed E-state index contributed by atoms with van der Waals surface area (Å²) in [5, 5.41) is 9.11. The maximum absolute atomic E-state index is 13.4. The van der Waals surface area contributed by atoms with Crippen molar-refractivity contribution in [3.63, 3.8) is 0 Å². The molecule has 10 nitrogen and oxygen atoms in total. The number of fused-ring (bicyclic) bond motifs is 1. The summed E-state index contributed by atoms with van der Waals surface area (Å²) in [6, 6.07) is 9.21. The first-order valence-electron chi connectivity index (χ1n) is 10.7. The van der Waals surface area contributed by atoms with Crippen LogP contribution in [0.5, 0.6) is 5.88 Å². The molecule has 0 aliphatic rings. The Kier molecular flexibility index (Phi) is 7.14. The number of nitrogens with one attached hydrogen (secondary N) is 1. The van der Waals surface area contributed by atoms with Gasteiger partial charge in [0.1, 0.15) is 16.4 Å². The lowest BCUT2D eigenvalue weighted by molar-refractivity contribution is -0.141. The van der Waals surface area contributed by atoms with Gasteiger partial charge in [0.15, 0.2) is 0 Å². The van der Waals surface area contributed by atoms with Crippen LogP contribution in [-0.2, 0) is 21.4 Å². The molecular weight excluding hydrogens is 527 g/mol. The van der Waals surface area contributed by atoms with Crippen LogP contribution >= 0.6 is 11.6 Å². The number of benzene rings is 2. The van der Waals surface area contributed by atoms with Gasteiger partial charge in [-0.2, -0.15) is 0 Å². The van der Waals surface area contributed by atoms with Crippen molar-refractivity contribution < 1.29 is 27.4 Å². The van der Waals surface area contributed by atoms with Crippen molar-refractivity contribution >= 4 is 44.2 Å². The van der Waals surface area contributed by atoms with Gasteiger partial charge in [0.05, 0.1) is 35.3 Å². The molecule has 1 atom stereocenters. The third kappa shape index (κ3) is 5.39. The van der Waals surface area contributed by atoms with Gasteiger partial charge < -0.3 is 9.84 Å². The topological polar surface area (TPSA) is 140 Å². The number of anilines is 1. The SMILES string of the molecule is COc1ncc(-c2ccc3ncn(CC(C)C(=O)O)c(=O)c3c2)cc1NS(=O)(=O)c1ccc(F)cc1Cl. The van der Waals surface area contributed by atoms with E-state index < -0.39 is 33.3 Å². The van der Waals surface area contributed by atoms with Crippen molar-refractivity contribution in [2.75, 3.05) is 11.8 Å². The molecule has 0 amide bonds. The molecule has 0 spiro atoms. The number of hydrogen-bond donors (Lipinski definition) is 2. The zero-order chi connectivity index (χ0) is 26.9. The van der Waals surface area contributed by atoms with Gasteiger partial charge in [-0.3, -0.25) is 18.9 Å². The van der Waals surface area contributed by atoms with Crippen LogP contribution in [-0.4, -0.2) is 41.1 Å². The molecule has 0 fully saturated rings. The van der Waals surface area contributed by atoms with E-state index in [9.17, 15) is 22.4 Å². The Morgan fingerprint density at radius 2 is 1.95 bits per heavy atom. The maximum atomic E-state index is 13.4. The fourth-order valence-electron chi connectivity index (χ4n) is 3.58. The number of aromatic nitrogens is 3. The van der Waals surface area contributed by atoms with Crippen LogP contribution in [0.4, 0.5) is 10.1 Å². The second-order valence-corrected chi connectivity index (χ2v) is 10.2. The predicted molar refractivity (Wildman–Crippen MR) is 135 cm³/mol. The van der Waals surface area contributed by atoms with Gasteiger partial charge in [0.25, 0.3) is 15.6 Å². The zero-order valence-corrected chi connectivity index (χ0v) is 21.0. The number of carboxylic acid groups (broad SMARTS) is 1. The van der Waals surface area contributed by atoms with Crippen molar-refractivity contribution in [2.45, 2.75) is 18.4 Å². The summed E-state index contributed by atoms with van der Waals surface area (Å²) in [6.45, 7) is 1.43. The summed E-state index contributed by atoms with van der Waals surface area (Å²) in [7, 11) is -2.93. The minimum absolute atomic E-state index is 0.0145. The normalized spacial score (nSPS) is 12.3. The summed E-state index contributed by atoms with van der Waals surface area (Å²) in [6.07, 6.45) is 2.73. The Morgan fingerprint density at radius 1 is 1.19 bits per heavy atom. The van der Waals surface area contributed by atoms with Crippen molar-refractivity contribution in [1.29, 1.82) is 0 Å². The van der Waals surface area contributed by atoms with E-state index in [1.807, 2.05) is 0 Å². The van der Waals surface area contributed by atoms with Crippen LogP contribution in [0, 0.1) is 11.7 Å². The minimum Gasteiger partial charge on any atom is -0.481 e. The molecule has 0 aliphatic carbocycles.